The summed E-state index contributed by atoms with van der Waals surface area (Å²) >= 11 is 13.8. The number of halogens is 2. The molecular weight excluding hydrogens is 429 g/mol. The minimum atomic E-state index is 0.187. The highest BCUT2D eigenvalue weighted by Gasteiger charge is 2.22. The molecule has 4 rings (SSSR count). The summed E-state index contributed by atoms with van der Waals surface area (Å²) < 4.78 is 13.3. The Labute approximate surface area is 184 Å². The first-order valence-electron chi connectivity index (χ1n) is 9.40. The fourth-order valence-electron chi connectivity index (χ4n) is 3.28. The summed E-state index contributed by atoms with van der Waals surface area (Å²) in [5.74, 6) is 2.37. The molecule has 3 aromatic rings. The Balaban J connectivity index is 1.59. The number of rotatable bonds is 7. The van der Waals surface area contributed by atoms with Crippen LogP contribution in [-0.4, -0.2) is 34.6 Å². The van der Waals surface area contributed by atoms with Gasteiger partial charge in [0.15, 0.2) is 11.0 Å². The molecule has 1 aliphatic rings. The third kappa shape index (κ3) is 4.89. The number of benzene rings is 2. The number of thioether (sulfide) groups is 1. The zero-order valence-corrected chi connectivity index (χ0v) is 18.3. The molecule has 1 aromatic heterocycles. The molecule has 1 unspecified atom stereocenters. The molecule has 0 saturated carbocycles. The van der Waals surface area contributed by atoms with E-state index in [9.17, 15) is 0 Å². The minimum absolute atomic E-state index is 0.187. The number of aromatic nitrogens is 3. The van der Waals surface area contributed by atoms with Crippen molar-refractivity contribution in [2.24, 2.45) is 0 Å². The Morgan fingerprint density at radius 1 is 1.14 bits per heavy atom. The molecule has 0 amide bonds. The fourth-order valence-corrected chi connectivity index (χ4v) is 4.49. The van der Waals surface area contributed by atoms with E-state index in [2.05, 4.69) is 14.8 Å². The Bertz CT molecular complexity index is 973. The monoisotopic (exact) mass is 449 g/mol. The normalized spacial score (nSPS) is 16.3. The van der Waals surface area contributed by atoms with Crippen molar-refractivity contribution >= 4 is 35.0 Å². The highest BCUT2D eigenvalue weighted by Crippen LogP contribution is 2.31. The lowest BCUT2D eigenvalue weighted by Crippen LogP contribution is -2.16. The average molecular weight is 450 g/mol. The number of hydrogen-bond donors (Lipinski definition) is 0. The van der Waals surface area contributed by atoms with Gasteiger partial charge in [-0.2, -0.15) is 0 Å². The van der Waals surface area contributed by atoms with E-state index in [4.69, 9.17) is 32.7 Å². The maximum Gasteiger partial charge on any atom is 0.191 e. The lowest BCUT2D eigenvalue weighted by atomic mass is 10.2. The molecule has 2 aromatic carbocycles. The molecule has 1 fully saturated rings. The van der Waals surface area contributed by atoms with Gasteiger partial charge in [0, 0.05) is 17.9 Å². The van der Waals surface area contributed by atoms with Gasteiger partial charge in [-0.25, -0.2) is 0 Å². The van der Waals surface area contributed by atoms with Crippen LogP contribution >= 0.6 is 35.0 Å². The van der Waals surface area contributed by atoms with Crippen molar-refractivity contribution in [1.82, 2.24) is 14.8 Å². The standard InChI is InChI=1S/C21H21Cl2N3O2S/c1-27-16-7-5-15(6-8-16)20-24-25-21(26(20)12-17-3-2-10-28-17)29-13-14-4-9-18(22)19(23)11-14/h4-9,11,17H,2-3,10,12-13H2,1H3. The average Bonchev–Trinajstić information content (AvgIpc) is 3.39. The first-order valence-corrected chi connectivity index (χ1v) is 11.1. The van der Waals surface area contributed by atoms with Crippen molar-refractivity contribution in [3.8, 4) is 17.1 Å². The Kier molecular flexibility index (Phi) is 6.65. The van der Waals surface area contributed by atoms with E-state index in [1.165, 1.54) is 0 Å². The molecule has 29 heavy (non-hydrogen) atoms. The number of nitrogens with zero attached hydrogens (tertiary/aromatic N) is 3. The lowest BCUT2D eigenvalue weighted by molar-refractivity contribution is 0.0953. The van der Waals surface area contributed by atoms with E-state index in [0.29, 0.717) is 10.0 Å². The molecular formula is C21H21Cl2N3O2S. The molecule has 0 bridgehead atoms. The highest BCUT2D eigenvalue weighted by atomic mass is 35.5. The van der Waals surface area contributed by atoms with Crippen LogP contribution in [0.2, 0.25) is 10.0 Å². The topological polar surface area (TPSA) is 49.2 Å². The number of hydrogen-bond acceptors (Lipinski definition) is 5. The molecule has 8 heteroatoms. The van der Waals surface area contributed by atoms with Crippen LogP contribution in [0.25, 0.3) is 11.4 Å². The van der Waals surface area contributed by atoms with E-state index in [0.717, 1.165) is 59.6 Å². The summed E-state index contributed by atoms with van der Waals surface area (Å²) in [4.78, 5) is 0. The maximum absolute atomic E-state index is 6.15. The first kappa shape index (κ1) is 20.5. The number of methoxy groups -OCH3 is 1. The van der Waals surface area contributed by atoms with Gasteiger partial charge >= 0.3 is 0 Å². The maximum atomic E-state index is 6.15. The van der Waals surface area contributed by atoms with Crippen molar-refractivity contribution in [2.75, 3.05) is 13.7 Å². The molecule has 0 aliphatic carbocycles. The third-order valence-electron chi connectivity index (χ3n) is 4.83. The zero-order valence-electron chi connectivity index (χ0n) is 16.0. The van der Waals surface area contributed by atoms with Crippen molar-refractivity contribution in [3.05, 3.63) is 58.1 Å². The molecule has 2 heterocycles. The Morgan fingerprint density at radius 2 is 1.97 bits per heavy atom. The summed E-state index contributed by atoms with van der Waals surface area (Å²) in [6, 6.07) is 13.6. The Hall–Kier alpha value is -1.73. The van der Waals surface area contributed by atoms with E-state index in [1.807, 2.05) is 42.5 Å². The van der Waals surface area contributed by atoms with Gasteiger partial charge in [-0.3, -0.25) is 4.57 Å². The molecule has 152 valence electrons. The van der Waals surface area contributed by atoms with Gasteiger partial charge in [0.2, 0.25) is 0 Å². The van der Waals surface area contributed by atoms with Gasteiger partial charge < -0.3 is 9.47 Å². The molecule has 0 N–H and O–H groups in total. The van der Waals surface area contributed by atoms with Crippen LogP contribution in [0.3, 0.4) is 0 Å². The predicted molar refractivity (Wildman–Crippen MR) is 117 cm³/mol. The summed E-state index contributed by atoms with van der Waals surface area (Å²) in [7, 11) is 1.66. The summed E-state index contributed by atoms with van der Waals surface area (Å²) in [5, 5.41) is 10.9. The third-order valence-corrected chi connectivity index (χ3v) is 6.60. The second kappa shape index (κ2) is 9.39. The van der Waals surface area contributed by atoms with Gasteiger partial charge in [-0.05, 0) is 54.8 Å². The quantitative estimate of drug-likeness (QED) is 0.430. The van der Waals surface area contributed by atoms with Crippen LogP contribution in [0.1, 0.15) is 18.4 Å². The van der Waals surface area contributed by atoms with Crippen molar-refractivity contribution in [2.45, 2.75) is 36.4 Å². The molecule has 0 radical (unpaired) electrons. The van der Waals surface area contributed by atoms with Gasteiger partial charge in [0.1, 0.15) is 5.75 Å². The Morgan fingerprint density at radius 3 is 2.66 bits per heavy atom. The molecule has 1 aliphatic heterocycles. The molecule has 5 nitrogen and oxygen atoms in total. The van der Waals surface area contributed by atoms with Crippen LogP contribution in [-0.2, 0) is 17.0 Å². The van der Waals surface area contributed by atoms with E-state index < -0.39 is 0 Å². The van der Waals surface area contributed by atoms with Gasteiger partial charge in [-0.15, -0.1) is 10.2 Å². The first-order chi connectivity index (χ1) is 14.1. The van der Waals surface area contributed by atoms with Gasteiger partial charge in [0.25, 0.3) is 0 Å². The van der Waals surface area contributed by atoms with Crippen molar-refractivity contribution in [3.63, 3.8) is 0 Å². The summed E-state index contributed by atoms with van der Waals surface area (Å²) in [6.45, 7) is 1.55. The smallest absolute Gasteiger partial charge is 0.191 e. The molecule has 0 spiro atoms. The predicted octanol–water partition coefficient (Wildman–Crippen LogP) is 5.73. The fraction of sp³-hybridized carbons (Fsp3) is 0.333. The van der Waals surface area contributed by atoms with E-state index in [1.54, 1.807) is 18.9 Å². The zero-order chi connectivity index (χ0) is 20.2. The second-order valence-corrected chi connectivity index (χ2v) is 8.57. The summed E-state index contributed by atoms with van der Waals surface area (Å²) in [5.41, 5.74) is 2.08. The highest BCUT2D eigenvalue weighted by molar-refractivity contribution is 7.98. The van der Waals surface area contributed by atoms with Gasteiger partial charge in [0.05, 0.1) is 29.8 Å². The van der Waals surface area contributed by atoms with Crippen LogP contribution in [0.5, 0.6) is 5.75 Å². The van der Waals surface area contributed by atoms with Crippen LogP contribution in [0.15, 0.2) is 47.6 Å². The van der Waals surface area contributed by atoms with Crippen LogP contribution in [0, 0.1) is 0 Å². The van der Waals surface area contributed by atoms with E-state index >= 15 is 0 Å². The van der Waals surface area contributed by atoms with Crippen LogP contribution in [0.4, 0.5) is 0 Å². The van der Waals surface area contributed by atoms with Crippen molar-refractivity contribution < 1.29 is 9.47 Å². The van der Waals surface area contributed by atoms with Crippen molar-refractivity contribution in [1.29, 1.82) is 0 Å². The lowest BCUT2D eigenvalue weighted by Gasteiger charge is -2.15. The summed E-state index contributed by atoms with van der Waals surface area (Å²) in [6.07, 6.45) is 2.33. The minimum Gasteiger partial charge on any atom is -0.497 e. The SMILES string of the molecule is COc1ccc(-c2nnc(SCc3ccc(Cl)c(Cl)c3)n2CC2CCCO2)cc1. The van der Waals surface area contributed by atoms with Gasteiger partial charge in [-0.1, -0.05) is 41.0 Å². The number of ether oxygens (including phenoxy) is 2. The van der Waals surface area contributed by atoms with Crippen LogP contribution < -0.4 is 4.74 Å². The molecule has 1 atom stereocenters. The largest absolute Gasteiger partial charge is 0.497 e. The molecule has 1 saturated heterocycles. The second-order valence-electron chi connectivity index (χ2n) is 6.82. The van der Waals surface area contributed by atoms with E-state index in [-0.39, 0.29) is 6.10 Å².